The molecule has 116 valence electrons. The van der Waals surface area contributed by atoms with Crippen LogP contribution in [0.5, 0.6) is 5.75 Å². The summed E-state index contributed by atoms with van der Waals surface area (Å²) >= 11 is 0. The van der Waals surface area contributed by atoms with Gasteiger partial charge in [-0.3, -0.25) is 4.79 Å². The third-order valence-corrected chi connectivity index (χ3v) is 3.58. The lowest BCUT2D eigenvalue weighted by molar-refractivity contribution is 0.0318. The number of piperidine rings is 1. The minimum absolute atomic E-state index is 0.0734. The predicted octanol–water partition coefficient (Wildman–Crippen LogP) is 1.58. The van der Waals surface area contributed by atoms with E-state index < -0.39 is 0 Å². The standard InChI is InChI=1S/C16H24N2O3/c1-20-15-5-2-4-13(12-15)16(19)18-8-3-11-21-14-6-9-17-10-7-14/h2,4-5,12,14,17H,3,6-11H2,1H3,(H,18,19). The van der Waals surface area contributed by atoms with Gasteiger partial charge >= 0.3 is 0 Å². The molecule has 1 aliphatic rings. The third kappa shape index (κ3) is 5.36. The monoisotopic (exact) mass is 292 g/mol. The number of benzene rings is 1. The first kappa shape index (κ1) is 15.8. The lowest BCUT2D eigenvalue weighted by atomic mass is 10.1. The summed E-state index contributed by atoms with van der Waals surface area (Å²) in [5.74, 6) is 0.618. The van der Waals surface area contributed by atoms with Crippen molar-refractivity contribution in [2.24, 2.45) is 0 Å². The van der Waals surface area contributed by atoms with Crippen LogP contribution in [0.3, 0.4) is 0 Å². The Morgan fingerprint density at radius 3 is 2.95 bits per heavy atom. The molecule has 0 radical (unpaired) electrons. The van der Waals surface area contributed by atoms with Gasteiger partial charge in [0.2, 0.25) is 0 Å². The second-order valence-electron chi connectivity index (χ2n) is 5.16. The van der Waals surface area contributed by atoms with Crippen LogP contribution < -0.4 is 15.4 Å². The number of carbonyl (C=O) groups excluding carboxylic acids is 1. The maximum absolute atomic E-state index is 12.0. The number of hydrogen-bond acceptors (Lipinski definition) is 4. The van der Waals surface area contributed by atoms with Gasteiger partial charge in [-0.1, -0.05) is 6.07 Å². The van der Waals surface area contributed by atoms with Gasteiger partial charge in [0.15, 0.2) is 0 Å². The van der Waals surface area contributed by atoms with E-state index in [9.17, 15) is 4.79 Å². The summed E-state index contributed by atoms with van der Waals surface area (Å²) in [6.07, 6.45) is 3.37. The molecule has 0 spiro atoms. The highest BCUT2D eigenvalue weighted by Gasteiger charge is 2.12. The first-order chi connectivity index (χ1) is 10.3. The molecule has 1 aromatic carbocycles. The van der Waals surface area contributed by atoms with Crippen LogP contribution in [-0.4, -0.2) is 45.4 Å². The summed E-state index contributed by atoms with van der Waals surface area (Å²) < 4.78 is 10.9. The van der Waals surface area contributed by atoms with Crippen molar-refractivity contribution < 1.29 is 14.3 Å². The molecule has 1 saturated heterocycles. The van der Waals surface area contributed by atoms with Gasteiger partial charge in [0.1, 0.15) is 5.75 Å². The molecular formula is C16H24N2O3. The minimum Gasteiger partial charge on any atom is -0.497 e. The Kier molecular flexibility index (Phi) is 6.50. The van der Waals surface area contributed by atoms with Crippen LogP contribution in [0.2, 0.25) is 0 Å². The quantitative estimate of drug-likeness (QED) is 0.749. The zero-order chi connectivity index (χ0) is 14.9. The van der Waals surface area contributed by atoms with Gasteiger partial charge < -0.3 is 20.1 Å². The van der Waals surface area contributed by atoms with Crippen LogP contribution in [0, 0.1) is 0 Å². The van der Waals surface area contributed by atoms with E-state index in [1.807, 2.05) is 12.1 Å². The van der Waals surface area contributed by atoms with Crippen molar-refractivity contribution in [1.82, 2.24) is 10.6 Å². The average Bonchev–Trinajstić information content (AvgIpc) is 2.55. The molecule has 1 heterocycles. The highest BCUT2D eigenvalue weighted by Crippen LogP contribution is 2.12. The Balaban J connectivity index is 1.62. The minimum atomic E-state index is -0.0734. The fraction of sp³-hybridized carbons (Fsp3) is 0.562. The first-order valence-electron chi connectivity index (χ1n) is 7.54. The Hall–Kier alpha value is -1.59. The molecule has 0 bridgehead atoms. The Labute approximate surface area is 126 Å². The average molecular weight is 292 g/mol. The fourth-order valence-corrected chi connectivity index (χ4v) is 2.35. The molecule has 1 aliphatic heterocycles. The largest absolute Gasteiger partial charge is 0.497 e. The lowest BCUT2D eigenvalue weighted by Crippen LogP contribution is -2.33. The van der Waals surface area contributed by atoms with E-state index in [1.165, 1.54) is 0 Å². The van der Waals surface area contributed by atoms with Crippen LogP contribution in [0.4, 0.5) is 0 Å². The van der Waals surface area contributed by atoms with Gasteiger partial charge in [0.25, 0.3) is 5.91 Å². The van der Waals surface area contributed by atoms with E-state index in [4.69, 9.17) is 9.47 Å². The summed E-state index contributed by atoms with van der Waals surface area (Å²) in [6.45, 7) is 3.40. The first-order valence-corrected chi connectivity index (χ1v) is 7.54. The Bertz CT molecular complexity index is 445. The molecule has 0 saturated carbocycles. The maximum atomic E-state index is 12.0. The van der Waals surface area contributed by atoms with Gasteiger partial charge in [-0.15, -0.1) is 0 Å². The zero-order valence-corrected chi connectivity index (χ0v) is 12.6. The van der Waals surface area contributed by atoms with Gasteiger partial charge in [0, 0.05) is 18.7 Å². The van der Waals surface area contributed by atoms with E-state index in [1.54, 1.807) is 19.2 Å². The zero-order valence-electron chi connectivity index (χ0n) is 12.6. The van der Waals surface area contributed by atoms with Crippen LogP contribution in [-0.2, 0) is 4.74 Å². The van der Waals surface area contributed by atoms with Crippen molar-refractivity contribution in [3.63, 3.8) is 0 Å². The second kappa shape index (κ2) is 8.64. The van der Waals surface area contributed by atoms with Gasteiger partial charge in [0.05, 0.1) is 13.2 Å². The number of ether oxygens (including phenoxy) is 2. The Morgan fingerprint density at radius 2 is 2.19 bits per heavy atom. The van der Waals surface area contributed by atoms with Crippen molar-refractivity contribution >= 4 is 5.91 Å². The number of rotatable bonds is 7. The lowest BCUT2D eigenvalue weighted by Gasteiger charge is -2.22. The van der Waals surface area contributed by atoms with Crippen molar-refractivity contribution in [2.45, 2.75) is 25.4 Å². The summed E-state index contributed by atoms with van der Waals surface area (Å²) in [4.78, 5) is 12.0. The molecular weight excluding hydrogens is 268 g/mol. The van der Waals surface area contributed by atoms with Crippen molar-refractivity contribution in [3.05, 3.63) is 29.8 Å². The second-order valence-corrected chi connectivity index (χ2v) is 5.16. The summed E-state index contributed by atoms with van der Waals surface area (Å²) in [7, 11) is 1.59. The van der Waals surface area contributed by atoms with Crippen LogP contribution in [0.25, 0.3) is 0 Å². The number of hydrogen-bond donors (Lipinski definition) is 2. The molecule has 2 rings (SSSR count). The molecule has 0 aliphatic carbocycles. The molecule has 1 aromatic rings. The maximum Gasteiger partial charge on any atom is 0.251 e. The number of nitrogens with one attached hydrogen (secondary N) is 2. The normalized spacial score (nSPS) is 15.7. The van der Waals surface area contributed by atoms with Crippen molar-refractivity contribution in [3.8, 4) is 5.75 Å². The van der Waals surface area contributed by atoms with E-state index in [0.29, 0.717) is 30.6 Å². The molecule has 0 unspecified atom stereocenters. The number of methoxy groups -OCH3 is 1. The molecule has 0 atom stereocenters. The summed E-state index contributed by atoms with van der Waals surface area (Å²) in [5, 5.41) is 6.21. The van der Waals surface area contributed by atoms with Crippen LogP contribution >= 0.6 is 0 Å². The molecule has 2 N–H and O–H groups in total. The highest BCUT2D eigenvalue weighted by molar-refractivity contribution is 5.94. The smallest absolute Gasteiger partial charge is 0.251 e. The summed E-state index contributed by atoms with van der Waals surface area (Å²) in [5.41, 5.74) is 0.619. The van der Waals surface area contributed by atoms with Gasteiger partial charge in [-0.2, -0.15) is 0 Å². The summed E-state index contributed by atoms with van der Waals surface area (Å²) in [6, 6.07) is 7.15. The van der Waals surface area contributed by atoms with Crippen LogP contribution in [0.15, 0.2) is 24.3 Å². The van der Waals surface area contributed by atoms with Crippen LogP contribution in [0.1, 0.15) is 29.6 Å². The molecule has 5 nitrogen and oxygen atoms in total. The predicted molar refractivity (Wildman–Crippen MR) is 81.8 cm³/mol. The molecule has 1 amide bonds. The van der Waals surface area contributed by atoms with E-state index >= 15 is 0 Å². The van der Waals surface area contributed by atoms with Crippen molar-refractivity contribution in [1.29, 1.82) is 0 Å². The van der Waals surface area contributed by atoms with Gasteiger partial charge in [-0.25, -0.2) is 0 Å². The molecule has 1 fully saturated rings. The Morgan fingerprint density at radius 1 is 1.38 bits per heavy atom. The number of amides is 1. The topological polar surface area (TPSA) is 59.6 Å². The number of carbonyl (C=O) groups is 1. The fourth-order valence-electron chi connectivity index (χ4n) is 2.35. The third-order valence-electron chi connectivity index (χ3n) is 3.58. The van der Waals surface area contributed by atoms with Crippen molar-refractivity contribution in [2.75, 3.05) is 33.4 Å². The molecule has 5 heteroatoms. The molecule has 0 aromatic heterocycles. The van der Waals surface area contributed by atoms with E-state index in [-0.39, 0.29) is 5.91 Å². The van der Waals surface area contributed by atoms with E-state index in [2.05, 4.69) is 10.6 Å². The SMILES string of the molecule is COc1cccc(C(=O)NCCCOC2CCNCC2)c1. The van der Waals surface area contributed by atoms with E-state index in [0.717, 1.165) is 32.4 Å². The van der Waals surface area contributed by atoms with Gasteiger partial charge in [-0.05, 0) is 50.6 Å². The highest BCUT2D eigenvalue weighted by atomic mass is 16.5. The molecule has 21 heavy (non-hydrogen) atoms.